The Labute approximate surface area is 376 Å². The van der Waals surface area contributed by atoms with E-state index in [9.17, 15) is 0 Å². The highest BCUT2D eigenvalue weighted by molar-refractivity contribution is 6.27. The number of allylic oxidation sites excluding steroid dienone is 4. The molecule has 3 aliphatic carbocycles. The molecule has 302 valence electrons. The molecule has 10 aromatic carbocycles. The first-order valence-electron chi connectivity index (χ1n) is 22.9. The summed E-state index contributed by atoms with van der Waals surface area (Å²) in [5.74, 6) is 0.324. The van der Waals surface area contributed by atoms with Crippen LogP contribution in [0.25, 0.3) is 93.2 Å². The van der Waals surface area contributed by atoms with Crippen molar-refractivity contribution in [1.82, 2.24) is 9.13 Å². The summed E-state index contributed by atoms with van der Waals surface area (Å²) >= 11 is 0. The van der Waals surface area contributed by atoms with Crippen LogP contribution in [0, 0.1) is 0 Å². The van der Waals surface area contributed by atoms with Gasteiger partial charge in [0.15, 0.2) is 0 Å². The van der Waals surface area contributed by atoms with Crippen molar-refractivity contribution >= 4 is 70.7 Å². The Balaban J connectivity index is 0.951. The highest BCUT2D eigenvalue weighted by Crippen LogP contribution is 2.65. The monoisotopic (exact) mass is 824 g/mol. The van der Waals surface area contributed by atoms with Gasteiger partial charge in [0, 0.05) is 38.8 Å². The minimum atomic E-state index is -0.319. The number of hydrogen-bond donors (Lipinski definition) is 0. The van der Waals surface area contributed by atoms with Crippen molar-refractivity contribution in [1.29, 1.82) is 0 Å². The van der Waals surface area contributed by atoms with Gasteiger partial charge >= 0.3 is 0 Å². The van der Waals surface area contributed by atoms with Crippen LogP contribution in [0.2, 0.25) is 0 Å². The summed E-state index contributed by atoms with van der Waals surface area (Å²) in [6.45, 7) is 0. The molecule has 1 unspecified atom stereocenters. The van der Waals surface area contributed by atoms with E-state index in [0.29, 0.717) is 5.92 Å². The molecule has 0 amide bonds. The van der Waals surface area contributed by atoms with E-state index in [1.165, 1.54) is 115 Å². The lowest BCUT2D eigenvalue weighted by atomic mass is 9.68. The van der Waals surface area contributed by atoms with E-state index < -0.39 is 0 Å². The summed E-state index contributed by atoms with van der Waals surface area (Å²) in [7, 11) is 0. The zero-order chi connectivity index (χ0) is 42.4. The predicted octanol–water partition coefficient (Wildman–Crippen LogP) is 16.0. The van der Waals surface area contributed by atoms with Gasteiger partial charge < -0.3 is 9.13 Å². The Morgan fingerprint density at radius 2 is 1.08 bits per heavy atom. The van der Waals surface area contributed by atoms with E-state index in [1.807, 2.05) is 0 Å². The smallest absolute Gasteiger partial charge is 0.0685 e. The van der Waals surface area contributed by atoms with Crippen molar-refractivity contribution in [2.45, 2.75) is 17.8 Å². The highest BCUT2D eigenvalue weighted by Gasteiger charge is 2.55. The van der Waals surface area contributed by atoms with E-state index in [2.05, 4.69) is 234 Å². The third kappa shape index (κ3) is 4.63. The van der Waals surface area contributed by atoms with Crippen LogP contribution in [-0.4, -0.2) is 9.13 Å². The van der Waals surface area contributed by atoms with Crippen molar-refractivity contribution < 1.29 is 0 Å². The van der Waals surface area contributed by atoms with Crippen LogP contribution in [-0.2, 0) is 5.41 Å². The molecule has 3 aliphatic rings. The molecule has 15 rings (SSSR count). The van der Waals surface area contributed by atoms with Crippen LogP contribution in [0.3, 0.4) is 0 Å². The Morgan fingerprint density at radius 1 is 0.415 bits per heavy atom. The number of fused-ring (bicyclic) bond motifs is 19. The normalized spacial score (nSPS) is 15.8. The molecule has 2 heterocycles. The molecule has 2 nitrogen and oxygen atoms in total. The van der Waals surface area contributed by atoms with Crippen LogP contribution in [0.5, 0.6) is 0 Å². The summed E-state index contributed by atoms with van der Waals surface area (Å²) in [5.41, 5.74) is 19.3. The molecule has 1 spiro atoms. The maximum absolute atomic E-state index is 2.56. The largest absolute Gasteiger partial charge is 0.309 e. The average Bonchev–Trinajstić information content (AvgIpc) is 4.07. The SMILES string of the molecule is C1=C(c2cccc(-n3c4ccccc4c4c3ccc3c5cc6cc7ccccc7cc6cc5n(-c5ccccc5)c34)c2)C=C2C(C1)c1ccccc1C21c2ccccc2-c2ccccc21. The summed E-state index contributed by atoms with van der Waals surface area (Å²) in [4.78, 5) is 0. The molecule has 1 atom stereocenters. The fourth-order valence-corrected chi connectivity index (χ4v) is 12.6. The Morgan fingerprint density at radius 3 is 1.88 bits per heavy atom. The second-order valence-electron chi connectivity index (χ2n) is 18.3. The lowest BCUT2D eigenvalue weighted by molar-refractivity contribution is 0.709. The van der Waals surface area contributed by atoms with E-state index in [-0.39, 0.29) is 5.41 Å². The topological polar surface area (TPSA) is 9.86 Å². The molecule has 2 aromatic heterocycles. The standard InChI is InChI=1S/C63H40N2/c1-2-18-45(19-3-1)65-60-38-44-34-40-16-5-4-15-39(40)33-43(44)36-53(60)51-31-32-59-61(62(51)65)52-24-9-13-28-58(52)64(59)46-20-14-17-41(35-46)42-29-30-50-49-23-8-12-27-56(49)63(57(50)37-42)54-25-10-6-21-47(54)48-22-7-11-26-55(48)63/h1-29,31-38,50H,30H2. The van der Waals surface area contributed by atoms with Gasteiger partial charge in [-0.2, -0.15) is 0 Å². The number of nitrogens with zero attached hydrogens (tertiary/aromatic N) is 2. The van der Waals surface area contributed by atoms with Crippen molar-refractivity contribution in [3.63, 3.8) is 0 Å². The molecular weight excluding hydrogens is 785 g/mol. The Hall–Kier alpha value is -8.20. The average molecular weight is 825 g/mol. The third-order valence-corrected chi connectivity index (χ3v) is 15.2. The van der Waals surface area contributed by atoms with Crippen molar-refractivity contribution in [2.75, 3.05) is 0 Å². The number of benzene rings is 10. The minimum absolute atomic E-state index is 0.319. The van der Waals surface area contributed by atoms with E-state index in [0.717, 1.165) is 17.8 Å². The van der Waals surface area contributed by atoms with E-state index >= 15 is 0 Å². The van der Waals surface area contributed by atoms with Crippen LogP contribution in [0.15, 0.2) is 230 Å². The molecule has 0 fully saturated rings. The lowest BCUT2D eigenvalue weighted by Gasteiger charge is -2.33. The number of aromatic nitrogens is 2. The lowest BCUT2D eigenvalue weighted by Crippen LogP contribution is -2.27. The first kappa shape index (κ1) is 35.3. The molecule has 0 bridgehead atoms. The first-order chi connectivity index (χ1) is 32.2. The van der Waals surface area contributed by atoms with Gasteiger partial charge in [0.1, 0.15) is 0 Å². The van der Waals surface area contributed by atoms with Crippen LogP contribution in [0.4, 0.5) is 0 Å². The molecule has 0 saturated heterocycles. The van der Waals surface area contributed by atoms with Gasteiger partial charge in [0.2, 0.25) is 0 Å². The van der Waals surface area contributed by atoms with Crippen LogP contribution < -0.4 is 0 Å². The maximum Gasteiger partial charge on any atom is 0.0685 e. The summed E-state index contributed by atoms with van der Waals surface area (Å²) in [6, 6.07) is 79.7. The maximum atomic E-state index is 2.56. The minimum Gasteiger partial charge on any atom is -0.309 e. The van der Waals surface area contributed by atoms with Crippen molar-refractivity contribution in [3.8, 4) is 22.5 Å². The zero-order valence-electron chi connectivity index (χ0n) is 35.5. The molecule has 0 radical (unpaired) electrons. The predicted molar refractivity (Wildman–Crippen MR) is 272 cm³/mol. The van der Waals surface area contributed by atoms with Crippen molar-refractivity contribution in [2.24, 2.45) is 0 Å². The summed E-state index contributed by atoms with van der Waals surface area (Å²) < 4.78 is 5.01. The Kier molecular flexibility index (Phi) is 7.02. The van der Waals surface area contributed by atoms with Gasteiger partial charge in [-0.25, -0.2) is 0 Å². The van der Waals surface area contributed by atoms with Gasteiger partial charge in [-0.3, -0.25) is 0 Å². The van der Waals surface area contributed by atoms with Crippen LogP contribution in [0.1, 0.15) is 40.2 Å². The van der Waals surface area contributed by atoms with Gasteiger partial charge in [0.05, 0.1) is 27.5 Å². The fraction of sp³-hybridized carbons (Fsp3) is 0.0476. The van der Waals surface area contributed by atoms with Gasteiger partial charge in [-0.05, 0) is 139 Å². The second-order valence-corrected chi connectivity index (χ2v) is 18.3. The number of rotatable bonds is 3. The van der Waals surface area contributed by atoms with Crippen LogP contribution >= 0.6 is 0 Å². The zero-order valence-corrected chi connectivity index (χ0v) is 35.5. The van der Waals surface area contributed by atoms with Gasteiger partial charge in [0.25, 0.3) is 0 Å². The Bertz CT molecular complexity index is 4050. The number of para-hydroxylation sites is 2. The summed E-state index contributed by atoms with van der Waals surface area (Å²) in [5, 5.41) is 10.1. The first-order valence-corrected chi connectivity index (χ1v) is 22.9. The number of hydrogen-bond acceptors (Lipinski definition) is 0. The molecule has 65 heavy (non-hydrogen) atoms. The highest BCUT2D eigenvalue weighted by atomic mass is 15.0. The molecule has 0 aliphatic heterocycles. The third-order valence-electron chi connectivity index (χ3n) is 15.2. The second kappa shape index (κ2) is 12.9. The molecular formula is C63H40N2. The van der Waals surface area contributed by atoms with Crippen molar-refractivity contribution in [3.05, 3.63) is 258 Å². The van der Waals surface area contributed by atoms with E-state index in [4.69, 9.17) is 0 Å². The van der Waals surface area contributed by atoms with Gasteiger partial charge in [-0.15, -0.1) is 0 Å². The van der Waals surface area contributed by atoms with E-state index in [1.54, 1.807) is 0 Å². The van der Waals surface area contributed by atoms with Gasteiger partial charge in [-0.1, -0.05) is 164 Å². The molecule has 2 heteroatoms. The fourth-order valence-electron chi connectivity index (χ4n) is 12.6. The molecule has 0 N–H and O–H groups in total. The quantitative estimate of drug-likeness (QED) is 0.157. The molecule has 12 aromatic rings. The molecule has 0 saturated carbocycles. The summed E-state index contributed by atoms with van der Waals surface area (Å²) in [6.07, 6.45) is 6.03.